The van der Waals surface area contributed by atoms with E-state index < -0.39 is 16.6 Å². The predicted octanol–water partition coefficient (Wildman–Crippen LogP) is 5.62. The van der Waals surface area contributed by atoms with Gasteiger partial charge in [-0.2, -0.15) is 0 Å². The molecule has 30 heavy (non-hydrogen) atoms. The summed E-state index contributed by atoms with van der Waals surface area (Å²) in [5.74, 6) is -1.06. The molecule has 4 nitrogen and oxygen atoms in total. The van der Waals surface area contributed by atoms with E-state index in [0.29, 0.717) is 31.6 Å². The molecule has 1 spiro atoms. The molecule has 2 fully saturated rings. The van der Waals surface area contributed by atoms with E-state index in [2.05, 4.69) is 27.7 Å². The smallest absolute Gasteiger partial charge is 0.183 e. The summed E-state index contributed by atoms with van der Waals surface area (Å²) in [7, 11) is 0. The van der Waals surface area contributed by atoms with Crippen molar-refractivity contribution in [1.29, 1.82) is 0 Å². The summed E-state index contributed by atoms with van der Waals surface area (Å²) in [6.45, 7) is 16.3. The van der Waals surface area contributed by atoms with E-state index in [9.17, 15) is 19.5 Å². The van der Waals surface area contributed by atoms with Gasteiger partial charge < -0.3 is 5.11 Å². The zero-order valence-corrected chi connectivity index (χ0v) is 19.9. The lowest BCUT2D eigenvalue weighted by molar-refractivity contribution is -0.145. The topological polar surface area (TPSA) is 71.4 Å². The van der Waals surface area contributed by atoms with Crippen LogP contribution in [0.15, 0.2) is 23.0 Å². The number of Topliss-reactive ketones (excluding diaryl/α,β-unsaturated/α-hetero) is 3. The first kappa shape index (κ1) is 23.0. The number of allylic oxidation sites excluding steroid dienone is 4. The summed E-state index contributed by atoms with van der Waals surface area (Å²) in [5, 5.41) is 11.4. The van der Waals surface area contributed by atoms with E-state index in [1.165, 1.54) is 0 Å². The first-order valence-electron chi connectivity index (χ1n) is 11.5. The Morgan fingerprint density at radius 1 is 1.17 bits per heavy atom. The Labute approximate surface area is 181 Å². The highest BCUT2D eigenvalue weighted by atomic mass is 16.3. The minimum atomic E-state index is -1.17. The summed E-state index contributed by atoms with van der Waals surface area (Å²) >= 11 is 0. The van der Waals surface area contributed by atoms with Crippen LogP contribution in [0.3, 0.4) is 0 Å². The molecule has 3 aliphatic rings. The maximum Gasteiger partial charge on any atom is 0.183 e. The summed E-state index contributed by atoms with van der Waals surface area (Å²) in [5.41, 5.74) is -1.55. The molecule has 3 aliphatic carbocycles. The Balaban J connectivity index is 2.28. The number of fused-ring (bicyclic) bond motifs is 1. The van der Waals surface area contributed by atoms with Gasteiger partial charge in [0.05, 0.1) is 10.8 Å². The normalized spacial score (nSPS) is 35.6. The number of rotatable bonds is 6. The van der Waals surface area contributed by atoms with Crippen LogP contribution in [0.5, 0.6) is 0 Å². The van der Waals surface area contributed by atoms with E-state index in [1.54, 1.807) is 6.92 Å². The molecule has 0 radical (unpaired) electrons. The van der Waals surface area contributed by atoms with Gasteiger partial charge in [0.25, 0.3) is 0 Å². The molecule has 0 aromatic heterocycles. The second kappa shape index (κ2) is 7.17. The highest BCUT2D eigenvalue weighted by Crippen LogP contribution is 2.72. The van der Waals surface area contributed by atoms with Crippen molar-refractivity contribution in [3.8, 4) is 0 Å². The average molecular weight is 415 g/mol. The Bertz CT molecular complexity index is 854. The fourth-order valence-electron chi connectivity index (χ4n) is 6.74. The Kier molecular flexibility index (Phi) is 5.49. The van der Waals surface area contributed by atoms with Crippen LogP contribution in [0.4, 0.5) is 0 Å². The van der Waals surface area contributed by atoms with E-state index in [4.69, 9.17) is 0 Å². The summed E-state index contributed by atoms with van der Waals surface area (Å²) in [4.78, 5) is 41.2. The number of aliphatic hydroxyl groups excluding tert-OH is 1. The van der Waals surface area contributed by atoms with Crippen LogP contribution in [-0.2, 0) is 14.4 Å². The largest absolute Gasteiger partial charge is 0.510 e. The van der Waals surface area contributed by atoms with Gasteiger partial charge in [0.2, 0.25) is 0 Å². The molecule has 0 amide bonds. The number of aliphatic hydroxyl groups is 1. The van der Waals surface area contributed by atoms with E-state index in [1.807, 2.05) is 26.8 Å². The van der Waals surface area contributed by atoms with Crippen molar-refractivity contribution in [3.63, 3.8) is 0 Å². The van der Waals surface area contributed by atoms with Gasteiger partial charge in [-0.3, -0.25) is 14.4 Å². The number of carbonyl (C=O) groups is 3. The highest BCUT2D eigenvalue weighted by Gasteiger charge is 2.77. The molecule has 3 rings (SSSR count). The van der Waals surface area contributed by atoms with Gasteiger partial charge in [0.15, 0.2) is 17.3 Å². The van der Waals surface area contributed by atoms with Crippen LogP contribution in [0.1, 0.15) is 81.1 Å². The van der Waals surface area contributed by atoms with Gasteiger partial charge in [-0.15, -0.1) is 0 Å². The van der Waals surface area contributed by atoms with E-state index >= 15 is 0 Å². The quantitative estimate of drug-likeness (QED) is 0.348. The number of ketones is 3. The summed E-state index contributed by atoms with van der Waals surface area (Å²) in [6.07, 6.45) is 3.85. The van der Waals surface area contributed by atoms with Crippen molar-refractivity contribution >= 4 is 17.3 Å². The minimum absolute atomic E-state index is 0.0752. The van der Waals surface area contributed by atoms with Crippen molar-refractivity contribution < 1.29 is 19.5 Å². The SMILES string of the molecule is CCC(C)C(=O)C1=C(O)C2(CC=C(C)C)C[C@H]3C(C)(C)C(C(C)C)C[C@@]3(C1=O)C2=O. The molecule has 0 aliphatic heterocycles. The molecule has 1 N–H and O–H groups in total. The molecular formula is C26H38O4. The molecule has 2 saturated carbocycles. The van der Waals surface area contributed by atoms with Gasteiger partial charge in [0.1, 0.15) is 11.3 Å². The Morgan fingerprint density at radius 3 is 2.27 bits per heavy atom. The number of hydrogen-bond donors (Lipinski definition) is 1. The van der Waals surface area contributed by atoms with Crippen LogP contribution in [0.25, 0.3) is 0 Å². The van der Waals surface area contributed by atoms with Crippen molar-refractivity contribution in [3.05, 3.63) is 23.0 Å². The lowest BCUT2D eigenvalue weighted by atomic mass is 9.62. The first-order valence-corrected chi connectivity index (χ1v) is 11.5. The van der Waals surface area contributed by atoms with E-state index in [0.717, 1.165) is 5.57 Å². The van der Waals surface area contributed by atoms with Crippen molar-refractivity contribution in [2.45, 2.75) is 81.1 Å². The van der Waals surface area contributed by atoms with Crippen LogP contribution >= 0.6 is 0 Å². The summed E-state index contributed by atoms with van der Waals surface area (Å²) in [6, 6.07) is 0. The second-order valence-corrected chi connectivity index (χ2v) is 11.2. The third kappa shape index (κ3) is 2.74. The maximum atomic E-state index is 14.1. The molecule has 0 aromatic carbocycles. The lowest BCUT2D eigenvalue weighted by Gasteiger charge is -2.38. The molecule has 3 unspecified atom stereocenters. The van der Waals surface area contributed by atoms with Crippen molar-refractivity contribution in [2.24, 2.45) is 39.9 Å². The Morgan fingerprint density at radius 2 is 1.77 bits per heavy atom. The van der Waals surface area contributed by atoms with Gasteiger partial charge in [-0.1, -0.05) is 53.2 Å². The maximum absolute atomic E-state index is 14.1. The van der Waals surface area contributed by atoms with Crippen LogP contribution in [0.2, 0.25) is 0 Å². The fourth-order valence-corrected chi connectivity index (χ4v) is 6.74. The number of carbonyl (C=O) groups excluding carboxylic acids is 3. The molecule has 0 heterocycles. The van der Waals surface area contributed by atoms with E-state index in [-0.39, 0.29) is 46.1 Å². The van der Waals surface area contributed by atoms with Gasteiger partial charge in [-0.25, -0.2) is 0 Å². The zero-order valence-electron chi connectivity index (χ0n) is 19.9. The molecule has 0 saturated heterocycles. The molecule has 2 bridgehead atoms. The predicted molar refractivity (Wildman–Crippen MR) is 118 cm³/mol. The van der Waals surface area contributed by atoms with Gasteiger partial charge >= 0.3 is 0 Å². The highest BCUT2D eigenvalue weighted by molar-refractivity contribution is 6.32. The Hall–Kier alpha value is -1.71. The van der Waals surface area contributed by atoms with Crippen LogP contribution in [-0.4, -0.2) is 22.5 Å². The summed E-state index contributed by atoms with van der Waals surface area (Å²) < 4.78 is 0. The van der Waals surface area contributed by atoms with Gasteiger partial charge in [0, 0.05) is 5.92 Å². The molecule has 166 valence electrons. The first-order chi connectivity index (χ1) is 13.8. The molecular weight excluding hydrogens is 376 g/mol. The minimum Gasteiger partial charge on any atom is -0.510 e. The van der Waals surface area contributed by atoms with Crippen molar-refractivity contribution in [2.75, 3.05) is 0 Å². The van der Waals surface area contributed by atoms with Crippen LogP contribution in [0, 0.1) is 39.9 Å². The fraction of sp³-hybridized carbons (Fsp3) is 0.731. The second-order valence-electron chi connectivity index (χ2n) is 11.2. The number of hydrogen-bond acceptors (Lipinski definition) is 4. The lowest BCUT2D eigenvalue weighted by Crippen LogP contribution is -2.50. The van der Waals surface area contributed by atoms with Gasteiger partial charge in [-0.05, 0) is 62.7 Å². The third-order valence-corrected chi connectivity index (χ3v) is 8.68. The molecule has 0 aromatic rings. The van der Waals surface area contributed by atoms with Crippen molar-refractivity contribution in [1.82, 2.24) is 0 Å². The standard InChI is InChI=1S/C26H38O4/c1-9-16(6)20(27)19-21(28)25(11-10-14(2)3)13-18-24(7,8)17(15(4)5)12-26(18,22(19)29)23(25)30/h10,15-18,28H,9,11-13H2,1-8H3/t16?,17?,18-,25?,26+/m0/s1. The third-order valence-electron chi connectivity index (χ3n) is 8.68. The molecule has 4 heteroatoms. The van der Waals surface area contributed by atoms with Crippen LogP contribution < -0.4 is 0 Å². The average Bonchev–Trinajstić information content (AvgIpc) is 3.03. The monoisotopic (exact) mass is 414 g/mol. The molecule has 5 atom stereocenters. The zero-order chi connectivity index (χ0) is 22.8.